The van der Waals surface area contributed by atoms with Gasteiger partial charge in [-0.2, -0.15) is 0 Å². The maximum Gasteiger partial charge on any atom is 0.126 e. The van der Waals surface area contributed by atoms with E-state index in [4.69, 9.17) is 4.74 Å². The van der Waals surface area contributed by atoms with Crippen LogP contribution in [0.15, 0.2) is 36.4 Å². The molecule has 1 nitrogen and oxygen atoms in total. The van der Waals surface area contributed by atoms with E-state index in [0.717, 1.165) is 68.4 Å². The van der Waals surface area contributed by atoms with Gasteiger partial charge >= 0.3 is 0 Å². The number of ether oxygens (including phenoxy) is 1. The first-order valence-corrected chi connectivity index (χ1v) is 10.7. The quantitative estimate of drug-likeness (QED) is 0.433. The third kappa shape index (κ3) is 5.34. The Morgan fingerprint density at radius 2 is 1.81 bits per heavy atom. The Kier molecular flexibility index (Phi) is 7.32. The minimum absolute atomic E-state index is 0.0167. The fraction of sp³-hybridized carbons (Fsp3) is 0.520. The third-order valence-electron chi connectivity index (χ3n) is 5.75. The van der Waals surface area contributed by atoms with Gasteiger partial charge in [-0.3, -0.25) is 0 Å². The molecule has 2 aromatic rings. The molecule has 146 valence electrons. The van der Waals surface area contributed by atoms with Crippen LogP contribution in [0.2, 0.25) is 0 Å². The zero-order valence-electron chi connectivity index (χ0n) is 16.9. The fourth-order valence-corrected chi connectivity index (χ4v) is 4.06. The standard InChI is InChI=1S/C25H33FO/c1-3-5-7-8-19-9-14-24(25(26)16-19)22-11-10-21-18-23(27-15-6-4-2)13-12-20(21)17-22/h9,12-14,16,18,22H,3-8,10-11,15,17H2,1-2H3. The highest BCUT2D eigenvalue weighted by Gasteiger charge is 2.23. The lowest BCUT2D eigenvalue weighted by Crippen LogP contribution is -2.14. The summed E-state index contributed by atoms with van der Waals surface area (Å²) >= 11 is 0. The second-order valence-corrected chi connectivity index (χ2v) is 7.89. The summed E-state index contributed by atoms with van der Waals surface area (Å²) in [5, 5.41) is 0. The van der Waals surface area contributed by atoms with Gasteiger partial charge in [0.15, 0.2) is 0 Å². The minimum atomic E-state index is -0.0167. The molecule has 0 saturated heterocycles. The lowest BCUT2D eigenvalue weighted by Gasteiger charge is -2.26. The SMILES string of the molecule is CCCCCc1ccc(C2CCc3cc(OCCCC)ccc3C2)c(F)c1. The van der Waals surface area contributed by atoms with Gasteiger partial charge in [0.1, 0.15) is 11.6 Å². The maximum absolute atomic E-state index is 14.7. The van der Waals surface area contributed by atoms with E-state index >= 15 is 0 Å². The van der Waals surface area contributed by atoms with Gasteiger partial charge in [-0.25, -0.2) is 4.39 Å². The average Bonchev–Trinajstić information content (AvgIpc) is 2.68. The van der Waals surface area contributed by atoms with Gasteiger partial charge in [0.05, 0.1) is 6.61 Å². The van der Waals surface area contributed by atoms with Crippen molar-refractivity contribution in [2.24, 2.45) is 0 Å². The lowest BCUT2D eigenvalue weighted by molar-refractivity contribution is 0.308. The normalized spacial score (nSPS) is 16.2. The summed E-state index contributed by atoms with van der Waals surface area (Å²) in [5.74, 6) is 1.24. The van der Waals surface area contributed by atoms with Crippen molar-refractivity contribution in [3.63, 3.8) is 0 Å². The number of rotatable bonds is 9. The molecule has 0 spiro atoms. The van der Waals surface area contributed by atoms with E-state index < -0.39 is 0 Å². The van der Waals surface area contributed by atoms with Crippen LogP contribution in [-0.4, -0.2) is 6.61 Å². The Bertz CT molecular complexity index is 737. The highest BCUT2D eigenvalue weighted by molar-refractivity contribution is 5.40. The molecular weight excluding hydrogens is 335 g/mol. The molecule has 1 aliphatic rings. The predicted molar refractivity (Wildman–Crippen MR) is 111 cm³/mol. The van der Waals surface area contributed by atoms with Crippen LogP contribution in [0.1, 0.15) is 80.5 Å². The van der Waals surface area contributed by atoms with E-state index in [2.05, 4.69) is 38.1 Å². The fourth-order valence-electron chi connectivity index (χ4n) is 4.06. The number of unbranched alkanes of at least 4 members (excludes halogenated alkanes) is 3. The van der Waals surface area contributed by atoms with Crippen molar-refractivity contribution in [1.29, 1.82) is 0 Å². The van der Waals surface area contributed by atoms with E-state index in [-0.39, 0.29) is 11.7 Å². The molecule has 1 aliphatic carbocycles. The van der Waals surface area contributed by atoms with Gasteiger partial charge in [-0.15, -0.1) is 0 Å². The Hall–Kier alpha value is -1.83. The van der Waals surface area contributed by atoms with Gasteiger partial charge in [-0.1, -0.05) is 51.3 Å². The molecule has 0 radical (unpaired) electrons. The molecule has 1 atom stereocenters. The first-order valence-electron chi connectivity index (χ1n) is 10.7. The Labute approximate surface area is 164 Å². The molecule has 1 unspecified atom stereocenters. The summed E-state index contributed by atoms with van der Waals surface area (Å²) in [7, 11) is 0. The molecule has 2 heteroatoms. The summed E-state index contributed by atoms with van der Waals surface area (Å²) in [6.45, 7) is 5.16. The van der Waals surface area contributed by atoms with Crippen molar-refractivity contribution < 1.29 is 9.13 Å². The van der Waals surface area contributed by atoms with Crippen LogP contribution in [0.3, 0.4) is 0 Å². The Morgan fingerprint density at radius 1 is 0.963 bits per heavy atom. The van der Waals surface area contributed by atoms with E-state index in [1.807, 2.05) is 6.07 Å². The number of halogens is 1. The molecule has 0 N–H and O–H groups in total. The first-order chi connectivity index (χ1) is 13.2. The Morgan fingerprint density at radius 3 is 2.59 bits per heavy atom. The molecule has 27 heavy (non-hydrogen) atoms. The van der Waals surface area contributed by atoms with Gasteiger partial charge in [-0.05, 0) is 84.9 Å². The van der Waals surface area contributed by atoms with Gasteiger partial charge in [0.2, 0.25) is 0 Å². The lowest BCUT2D eigenvalue weighted by atomic mass is 9.79. The molecule has 0 aromatic heterocycles. The second-order valence-electron chi connectivity index (χ2n) is 7.89. The summed E-state index contributed by atoms with van der Waals surface area (Å²) in [6, 6.07) is 12.4. The number of hydrogen-bond donors (Lipinski definition) is 0. The second kappa shape index (κ2) is 9.92. The largest absolute Gasteiger partial charge is 0.494 e. The van der Waals surface area contributed by atoms with Crippen molar-refractivity contribution in [2.75, 3.05) is 6.61 Å². The molecule has 0 aliphatic heterocycles. The van der Waals surface area contributed by atoms with Gasteiger partial charge in [0.25, 0.3) is 0 Å². The molecule has 2 aromatic carbocycles. The van der Waals surface area contributed by atoms with Gasteiger partial charge in [0, 0.05) is 0 Å². The van der Waals surface area contributed by atoms with Crippen LogP contribution in [-0.2, 0) is 19.3 Å². The van der Waals surface area contributed by atoms with Crippen LogP contribution in [0.4, 0.5) is 4.39 Å². The molecule has 0 bridgehead atoms. The minimum Gasteiger partial charge on any atom is -0.494 e. The summed E-state index contributed by atoms with van der Waals surface area (Å²) in [4.78, 5) is 0. The number of benzene rings is 2. The molecular formula is C25H33FO. The summed E-state index contributed by atoms with van der Waals surface area (Å²) in [6.07, 6.45) is 9.73. The maximum atomic E-state index is 14.7. The molecule has 0 heterocycles. The number of fused-ring (bicyclic) bond motifs is 1. The van der Waals surface area contributed by atoms with Crippen molar-refractivity contribution in [3.05, 3.63) is 64.5 Å². The first kappa shape index (κ1) is 19.9. The van der Waals surface area contributed by atoms with Crippen molar-refractivity contribution >= 4 is 0 Å². The topological polar surface area (TPSA) is 9.23 Å². The van der Waals surface area contributed by atoms with Crippen molar-refractivity contribution in [3.8, 4) is 5.75 Å². The summed E-state index contributed by atoms with van der Waals surface area (Å²) in [5.41, 5.74) is 4.75. The predicted octanol–water partition coefficient (Wildman–Crippen LogP) is 7.01. The van der Waals surface area contributed by atoms with Crippen LogP contribution < -0.4 is 4.74 Å². The number of aryl methyl sites for hydroxylation is 2. The van der Waals surface area contributed by atoms with Crippen LogP contribution in [0.25, 0.3) is 0 Å². The van der Waals surface area contributed by atoms with E-state index in [9.17, 15) is 4.39 Å². The smallest absolute Gasteiger partial charge is 0.126 e. The monoisotopic (exact) mass is 368 g/mol. The zero-order valence-corrected chi connectivity index (χ0v) is 16.9. The van der Waals surface area contributed by atoms with Crippen molar-refractivity contribution in [2.45, 2.75) is 77.6 Å². The third-order valence-corrected chi connectivity index (χ3v) is 5.75. The Balaban J connectivity index is 1.65. The number of hydrogen-bond acceptors (Lipinski definition) is 1. The highest BCUT2D eigenvalue weighted by atomic mass is 19.1. The molecule has 0 fully saturated rings. The molecule has 0 amide bonds. The zero-order chi connectivity index (χ0) is 19.1. The van der Waals surface area contributed by atoms with Gasteiger partial charge < -0.3 is 4.74 Å². The highest BCUT2D eigenvalue weighted by Crippen LogP contribution is 2.35. The van der Waals surface area contributed by atoms with E-state index in [1.165, 1.54) is 24.0 Å². The van der Waals surface area contributed by atoms with E-state index in [1.54, 1.807) is 6.07 Å². The van der Waals surface area contributed by atoms with E-state index in [0.29, 0.717) is 0 Å². The average molecular weight is 369 g/mol. The van der Waals surface area contributed by atoms with Crippen LogP contribution in [0, 0.1) is 5.82 Å². The van der Waals surface area contributed by atoms with Crippen LogP contribution in [0.5, 0.6) is 5.75 Å². The van der Waals surface area contributed by atoms with Crippen LogP contribution >= 0.6 is 0 Å². The molecule has 3 rings (SSSR count). The molecule has 0 saturated carbocycles. The summed E-state index contributed by atoms with van der Waals surface area (Å²) < 4.78 is 20.6. The van der Waals surface area contributed by atoms with Crippen molar-refractivity contribution in [1.82, 2.24) is 0 Å².